The third-order valence-electron chi connectivity index (χ3n) is 7.77. The fourth-order valence-electron chi connectivity index (χ4n) is 8.18. The van der Waals surface area contributed by atoms with Gasteiger partial charge in [0.15, 0.2) is 0 Å². The van der Waals surface area contributed by atoms with Gasteiger partial charge in [0, 0.05) is 0 Å². The molecule has 5 rings (SSSR count). The molecule has 2 bridgehead atoms. The molecule has 0 saturated heterocycles. The van der Waals surface area contributed by atoms with Crippen LogP contribution in [0.2, 0.25) is 54.3 Å². The summed E-state index contributed by atoms with van der Waals surface area (Å²) < 4.78 is 1.33. The van der Waals surface area contributed by atoms with Gasteiger partial charge in [-0.3, -0.25) is 0 Å². The SMILES string of the molecule is C[Si](C)(C)[C]1([Si](C)(C)C)C2c3ccccc3[CH](c3ccccc32)[Ge]1([CH3])[CH3]. The molecule has 2 heterocycles. The molecule has 3 aliphatic rings. The van der Waals surface area contributed by atoms with Crippen molar-refractivity contribution in [3.63, 3.8) is 0 Å². The molecule has 2 aromatic carbocycles. The van der Waals surface area contributed by atoms with Gasteiger partial charge < -0.3 is 0 Å². The Labute approximate surface area is 164 Å². The minimum atomic E-state index is -2.26. The van der Waals surface area contributed by atoms with Crippen LogP contribution in [-0.2, 0) is 0 Å². The van der Waals surface area contributed by atoms with Crippen molar-refractivity contribution in [2.75, 3.05) is 0 Å². The molecule has 0 atom stereocenters. The topological polar surface area (TPSA) is 0 Å². The summed E-state index contributed by atoms with van der Waals surface area (Å²) in [7, 11) is -2.85. The van der Waals surface area contributed by atoms with Crippen LogP contribution in [-0.4, -0.2) is 29.4 Å². The zero-order valence-electron chi connectivity index (χ0n) is 17.8. The Bertz CT molecular complexity index is 809. The van der Waals surface area contributed by atoms with Crippen molar-refractivity contribution in [1.82, 2.24) is 0 Å². The summed E-state index contributed by atoms with van der Waals surface area (Å²) in [5, 5.41) is 0. The molecular weight excluding hydrogens is 405 g/mol. The summed E-state index contributed by atoms with van der Waals surface area (Å²) >= 11 is -2.26. The van der Waals surface area contributed by atoms with Gasteiger partial charge in [0.1, 0.15) is 0 Å². The molecular formula is C23H34GeSi2. The van der Waals surface area contributed by atoms with E-state index in [1.54, 1.807) is 22.3 Å². The molecule has 2 aromatic rings. The summed E-state index contributed by atoms with van der Waals surface area (Å²) in [6.07, 6.45) is 0. The van der Waals surface area contributed by atoms with Gasteiger partial charge in [-0.25, -0.2) is 0 Å². The van der Waals surface area contributed by atoms with Crippen molar-refractivity contribution in [2.24, 2.45) is 0 Å². The first kappa shape index (κ1) is 18.8. The van der Waals surface area contributed by atoms with Crippen LogP contribution in [0.5, 0.6) is 0 Å². The monoisotopic (exact) mass is 440 g/mol. The van der Waals surface area contributed by atoms with E-state index >= 15 is 0 Å². The second-order valence-corrected chi connectivity index (χ2v) is 34.4. The van der Waals surface area contributed by atoms with Crippen LogP contribution in [0.3, 0.4) is 0 Å². The van der Waals surface area contributed by atoms with E-state index in [1.807, 2.05) is 0 Å². The van der Waals surface area contributed by atoms with Crippen molar-refractivity contribution in [3.05, 3.63) is 70.8 Å². The van der Waals surface area contributed by atoms with E-state index in [4.69, 9.17) is 0 Å². The number of benzene rings is 2. The van der Waals surface area contributed by atoms with Crippen molar-refractivity contribution in [2.45, 2.75) is 65.0 Å². The van der Waals surface area contributed by atoms with Gasteiger partial charge in [-0.05, 0) is 0 Å². The first-order valence-corrected chi connectivity index (χ1v) is 23.6. The molecule has 0 nitrogen and oxygen atoms in total. The molecule has 0 fully saturated rings. The Morgan fingerprint density at radius 2 is 1.00 bits per heavy atom. The minimum absolute atomic E-state index is 0.618. The van der Waals surface area contributed by atoms with E-state index in [-0.39, 0.29) is 0 Å². The quantitative estimate of drug-likeness (QED) is 0.441. The molecule has 26 heavy (non-hydrogen) atoms. The van der Waals surface area contributed by atoms with Gasteiger partial charge in [0.2, 0.25) is 0 Å². The van der Waals surface area contributed by atoms with Gasteiger partial charge in [0.05, 0.1) is 0 Å². The van der Waals surface area contributed by atoms with E-state index in [1.165, 1.54) is 0 Å². The first-order chi connectivity index (χ1) is 12.0. The van der Waals surface area contributed by atoms with Crippen molar-refractivity contribution < 1.29 is 0 Å². The number of hydrogen-bond donors (Lipinski definition) is 0. The molecule has 0 aromatic heterocycles. The van der Waals surface area contributed by atoms with Crippen LogP contribution in [0.1, 0.15) is 32.9 Å². The van der Waals surface area contributed by atoms with Crippen LogP contribution in [0.15, 0.2) is 48.5 Å². The molecule has 0 saturated carbocycles. The third kappa shape index (κ3) is 2.02. The van der Waals surface area contributed by atoms with Gasteiger partial charge in [-0.1, -0.05) is 0 Å². The number of hydrogen-bond acceptors (Lipinski definition) is 0. The fourth-order valence-corrected chi connectivity index (χ4v) is 56.8. The van der Waals surface area contributed by atoms with Crippen molar-refractivity contribution in [1.29, 1.82) is 0 Å². The summed E-state index contributed by atoms with van der Waals surface area (Å²) in [4.78, 5) is 0. The maximum absolute atomic E-state index is 2.81. The Hall–Kier alpha value is -0.583. The van der Waals surface area contributed by atoms with Crippen molar-refractivity contribution in [3.8, 4) is 0 Å². The van der Waals surface area contributed by atoms with E-state index < -0.39 is 29.4 Å². The Morgan fingerprint density at radius 1 is 0.654 bits per heavy atom. The van der Waals surface area contributed by atoms with Crippen LogP contribution < -0.4 is 0 Å². The molecule has 0 unspecified atom stereocenters. The van der Waals surface area contributed by atoms with E-state index in [2.05, 4.69) is 99.3 Å². The average molecular weight is 439 g/mol. The zero-order chi connectivity index (χ0) is 19.1. The van der Waals surface area contributed by atoms with E-state index in [0.717, 1.165) is 0 Å². The number of fused-ring (bicyclic) bond motifs is 1. The summed E-state index contributed by atoms with van der Waals surface area (Å²) in [5.74, 6) is 6.26. The molecule has 138 valence electrons. The maximum atomic E-state index is 2.81. The Morgan fingerprint density at radius 3 is 1.35 bits per heavy atom. The Balaban J connectivity index is 2.21. The van der Waals surface area contributed by atoms with Gasteiger partial charge in [-0.2, -0.15) is 0 Å². The second-order valence-electron chi connectivity index (χ2n) is 11.2. The van der Waals surface area contributed by atoms with Gasteiger partial charge in [-0.15, -0.1) is 0 Å². The summed E-state index contributed by atoms with van der Waals surface area (Å²) in [6.45, 7) is 16.2. The standard InChI is InChI=1S/C23H34GeSi2/c1-24(2)22-19-15-11-9-13-17(19)21(18-14-10-12-16-20(18)22)23(24,25(3,4)5)26(6,7)8/h9-16,21-22H,1-8H3. The van der Waals surface area contributed by atoms with Crippen LogP contribution in [0.4, 0.5) is 0 Å². The summed E-state index contributed by atoms with van der Waals surface area (Å²) in [5.41, 5.74) is 6.75. The van der Waals surface area contributed by atoms with Crippen LogP contribution in [0, 0.1) is 0 Å². The normalized spacial score (nSPS) is 25.5. The van der Waals surface area contributed by atoms with Crippen LogP contribution >= 0.6 is 0 Å². The van der Waals surface area contributed by atoms with Crippen LogP contribution in [0.25, 0.3) is 0 Å². The van der Waals surface area contributed by atoms with Crippen molar-refractivity contribution >= 4 is 29.4 Å². The average Bonchev–Trinajstić information content (AvgIpc) is 2.51. The third-order valence-corrected chi connectivity index (χ3v) is 42.9. The van der Waals surface area contributed by atoms with E-state index in [0.29, 0.717) is 14.2 Å². The Kier molecular flexibility index (Phi) is 3.96. The van der Waals surface area contributed by atoms with E-state index in [9.17, 15) is 0 Å². The zero-order valence-corrected chi connectivity index (χ0v) is 21.9. The predicted molar refractivity (Wildman–Crippen MR) is 123 cm³/mol. The first-order valence-electron chi connectivity index (χ1n) is 10.1. The molecule has 3 heteroatoms. The molecule has 1 aliphatic carbocycles. The fraction of sp³-hybridized carbons (Fsp3) is 0.478. The molecule has 0 amide bonds. The van der Waals surface area contributed by atoms with Gasteiger partial charge in [0.25, 0.3) is 0 Å². The molecule has 2 aliphatic heterocycles. The molecule has 0 radical (unpaired) electrons. The predicted octanol–water partition coefficient (Wildman–Crippen LogP) is 7.02. The number of rotatable bonds is 2. The van der Waals surface area contributed by atoms with Gasteiger partial charge >= 0.3 is 165 Å². The molecule has 0 N–H and O–H groups in total. The molecule has 0 spiro atoms. The summed E-state index contributed by atoms with van der Waals surface area (Å²) in [6, 6.07) is 19.0. The second kappa shape index (κ2) is 5.48.